The van der Waals surface area contributed by atoms with Gasteiger partial charge in [-0.25, -0.2) is 8.42 Å². The molecule has 2 heterocycles. The van der Waals surface area contributed by atoms with Crippen molar-refractivity contribution in [2.75, 3.05) is 26.3 Å². The van der Waals surface area contributed by atoms with Gasteiger partial charge >= 0.3 is 0 Å². The Morgan fingerprint density at radius 2 is 1.86 bits per heavy atom. The number of hydrogen-bond donors (Lipinski definition) is 0. The van der Waals surface area contributed by atoms with E-state index in [9.17, 15) is 8.42 Å². The fourth-order valence-corrected chi connectivity index (χ4v) is 5.07. The molecule has 0 radical (unpaired) electrons. The quantitative estimate of drug-likeness (QED) is 0.768. The largest absolute Gasteiger partial charge is 0.485 e. The van der Waals surface area contributed by atoms with Gasteiger partial charge in [0.05, 0.1) is 18.1 Å². The average Bonchev–Trinajstić information content (AvgIpc) is 3.01. The van der Waals surface area contributed by atoms with Crippen molar-refractivity contribution in [2.45, 2.75) is 37.4 Å². The van der Waals surface area contributed by atoms with Crippen LogP contribution in [0.15, 0.2) is 47.4 Å². The first-order chi connectivity index (χ1) is 13.4. The molecule has 0 aromatic heterocycles. The number of sulfonamides is 1. The van der Waals surface area contributed by atoms with Crippen molar-refractivity contribution in [3.63, 3.8) is 0 Å². The van der Waals surface area contributed by atoms with Crippen LogP contribution < -0.4 is 9.47 Å². The zero-order valence-corrected chi connectivity index (χ0v) is 17.0. The summed E-state index contributed by atoms with van der Waals surface area (Å²) in [5.74, 6) is 1.47. The molecule has 150 valence electrons. The average molecular weight is 404 g/mol. The summed E-state index contributed by atoms with van der Waals surface area (Å²) in [5, 5.41) is 0. The summed E-state index contributed by atoms with van der Waals surface area (Å²) in [6.07, 6.45) is 0.840. The van der Waals surface area contributed by atoms with Gasteiger partial charge < -0.3 is 14.2 Å². The topological polar surface area (TPSA) is 65.1 Å². The molecule has 2 aromatic carbocycles. The summed E-state index contributed by atoms with van der Waals surface area (Å²) >= 11 is 0. The number of para-hydroxylation sites is 1. The van der Waals surface area contributed by atoms with E-state index in [2.05, 4.69) is 13.8 Å². The zero-order chi connectivity index (χ0) is 19.8. The fraction of sp³-hybridized carbons (Fsp3) is 0.429. The van der Waals surface area contributed by atoms with Gasteiger partial charge in [-0.1, -0.05) is 24.3 Å². The van der Waals surface area contributed by atoms with Gasteiger partial charge in [-0.15, -0.1) is 0 Å². The van der Waals surface area contributed by atoms with Gasteiger partial charge in [0.25, 0.3) is 0 Å². The van der Waals surface area contributed by atoms with Crippen LogP contribution in [-0.4, -0.2) is 44.6 Å². The Morgan fingerprint density at radius 1 is 1.11 bits per heavy atom. The Balaban J connectivity index is 1.51. The van der Waals surface area contributed by atoms with Crippen LogP contribution in [0.1, 0.15) is 25.0 Å². The molecular formula is C21H25NO5S. The van der Waals surface area contributed by atoms with E-state index in [1.54, 1.807) is 18.2 Å². The minimum absolute atomic E-state index is 0.242. The molecule has 1 fully saturated rings. The van der Waals surface area contributed by atoms with Crippen molar-refractivity contribution in [3.8, 4) is 11.5 Å². The minimum atomic E-state index is -3.52. The molecular weight excluding hydrogens is 378 g/mol. The Labute approximate surface area is 166 Å². The SMILES string of the molecule is CC1(C)Cc2cccc(OCc3cccc(S(=O)(=O)N4CCOCC4)c3)c2O1. The van der Waals surface area contributed by atoms with Crippen LogP contribution in [0.25, 0.3) is 0 Å². The maximum Gasteiger partial charge on any atom is 0.243 e. The molecule has 1 saturated heterocycles. The second-order valence-corrected chi connectivity index (χ2v) is 9.67. The summed E-state index contributed by atoms with van der Waals surface area (Å²) in [7, 11) is -3.52. The second-order valence-electron chi connectivity index (χ2n) is 7.74. The predicted molar refractivity (Wildman–Crippen MR) is 105 cm³/mol. The maximum atomic E-state index is 12.8. The maximum absolute atomic E-state index is 12.8. The number of hydrogen-bond acceptors (Lipinski definition) is 5. The van der Waals surface area contributed by atoms with E-state index in [0.717, 1.165) is 23.3 Å². The van der Waals surface area contributed by atoms with Crippen molar-refractivity contribution in [2.24, 2.45) is 0 Å². The van der Waals surface area contributed by atoms with E-state index in [1.807, 2.05) is 24.3 Å². The Morgan fingerprint density at radius 3 is 2.64 bits per heavy atom. The molecule has 28 heavy (non-hydrogen) atoms. The predicted octanol–water partition coefficient (Wildman–Crippen LogP) is 3.00. The smallest absolute Gasteiger partial charge is 0.243 e. The van der Waals surface area contributed by atoms with Crippen molar-refractivity contribution < 1.29 is 22.6 Å². The van der Waals surface area contributed by atoms with Crippen molar-refractivity contribution in [1.29, 1.82) is 0 Å². The first kappa shape index (κ1) is 19.2. The van der Waals surface area contributed by atoms with Gasteiger partial charge in [0.15, 0.2) is 11.5 Å². The fourth-order valence-electron chi connectivity index (χ4n) is 3.59. The highest BCUT2D eigenvalue weighted by atomic mass is 32.2. The monoisotopic (exact) mass is 403 g/mol. The third-order valence-electron chi connectivity index (χ3n) is 4.96. The second kappa shape index (κ2) is 7.39. The van der Waals surface area contributed by atoms with E-state index < -0.39 is 10.0 Å². The number of rotatable bonds is 5. The number of morpholine rings is 1. The van der Waals surface area contributed by atoms with Crippen molar-refractivity contribution >= 4 is 10.0 Å². The molecule has 4 rings (SSSR count). The number of fused-ring (bicyclic) bond motifs is 1. The summed E-state index contributed by atoms with van der Waals surface area (Å²) in [6, 6.07) is 12.8. The lowest BCUT2D eigenvalue weighted by Crippen LogP contribution is -2.40. The van der Waals surface area contributed by atoms with Gasteiger partial charge in [0.1, 0.15) is 12.2 Å². The van der Waals surface area contributed by atoms with E-state index in [-0.39, 0.29) is 17.1 Å². The van der Waals surface area contributed by atoms with Crippen LogP contribution in [0, 0.1) is 0 Å². The zero-order valence-electron chi connectivity index (χ0n) is 16.2. The van der Waals surface area contributed by atoms with Gasteiger partial charge in [0.2, 0.25) is 10.0 Å². The van der Waals surface area contributed by atoms with Gasteiger partial charge in [-0.2, -0.15) is 4.31 Å². The third kappa shape index (κ3) is 3.87. The van der Waals surface area contributed by atoms with Gasteiger partial charge in [-0.05, 0) is 37.6 Å². The first-order valence-corrected chi connectivity index (χ1v) is 10.9. The van der Waals surface area contributed by atoms with E-state index in [1.165, 1.54) is 4.31 Å². The summed E-state index contributed by atoms with van der Waals surface area (Å²) in [5.41, 5.74) is 1.68. The molecule has 2 aromatic rings. The molecule has 0 amide bonds. The molecule has 0 spiro atoms. The van der Waals surface area contributed by atoms with Gasteiger partial charge in [0, 0.05) is 25.1 Å². The molecule has 6 nitrogen and oxygen atoms in total. The molecule has 2 aliphatic rings. The molecule has 0 saturated carbocycles. The molecule has 0 unspecified atom stereocenters. The lowest BCUT2D eigenvalue weighted by Gasteiger charge is -2.26. The van der Waals surface area contributed by atoms with Gasteiger partial charge in [-0.3, -0.25) is 0 Å². The molecule has 0 aliphatic carbocycles. The third-order valence-corrected chi connectivity index (χ3v) is 6.85. The molecule has 0 atom stereocenters. The molecule has 7 heteroatoms. The molecule has 0 N–H and O–H groups in total. The Bertz CT molecular complexity index is 965. The van der Waals surface area contributed by atoms with E-state index in [4.69, 9.17) is 14.2 Å². The number of ether oxygens (including phenoxy) is 3. The highest BCUT2D eigenvalue weighted by molar-refractivity contribution is 7.89. The van der Waals surface area contributed by atoms with E-state index >= 15 is 0 Å². The summed E-state index contributed by atoms with van der Waals surface area (Å²) in [4.78, 5) is 0.283. The Kier molecular flexibility index (Phi) is 5.07. The van der Waals surface area contributed by atoms with Crippen LogP contribution in [0.3, 0.4) is 0 Å². The number of benzene rings is 2. The summed E-state index contributed by atoms with van der Waals surface area (Å²) < 4.78 is 44.4. The molecule has 2 aliphatic heterocycles. The van der Waals surface area contributed by atoms with Crippen LogP contribution in [0.2, 0.25) is 0 Å². The normalized spacial score (nSPS) is 19.1. The van der Waals surface area contributed by atoms with Crippen LogP contribution in [-0.2, 0) is 27.8 Å². The highest BCUT2D eigenvalue weighted by Gasteiger charge is 2.32. The first-order valence-electron chi connectivity index (χ1n) is 9.46. The highest BCUT2D eigenvalue weighted by Crippen LogP contribution is 2.42. The van der Waals surface area contributed by atoms with Crippen LogP contribution >= 0.6 is 0 Å². The lowest BCUT2D eigenvalue weighted by atomic mass is 10.0. The van der Waals surface area contributed by atoms with E-state index in [0.29, 0.717) is 32.1 Å². The van der Waals surface area contributed by atoms with Crippen LogP contribution in [0.4, 0.5) is 0 Å². The van der Waals surface area contributed by atoms with Crippen LogP contribution in [0.5, 0.6) is 11.5 Å². The molecule has 0 bridgehead atoms. The minimum Gasteiger partial charge on any atom is -0.485 e. The number of nitrogens with zero attached hydrogens (tertiary/aromatic N) is 1. The Hall–Kier alpha value is -2.09. The van der Waals surface area contributed by atoms with Crippen molar-refractivity contribution in [1.82, 2.24) is 4.31 Å². The standard InChI is InChI=1S/C21H25NO5S/c1-21(2)14-17-6-4-8-19(20(17)27-21)26-15-16-5-3-7-18(13-16)28(23,24)22-9-11-25-12-10-22/h3-8,13H,9-12,14-15H2,1-2H3. The lowest BCUT2D eigenvalue weighted by molar-refractivity contribution is 0.0730. The van der Waals surface area contributed by atoms with Crippen molar-refractivity contribution in [3.05, 3.63) is 53.6 Å². The summed E-state index contributed by atoms with van der Waals surface area (Å²) in [6.45, 7) is 5.99.